The predicted octanol–water partition coefficient (Wildman–Crippen LogP) is 4.10. The first kappa shape index (κ1) is 19.1. The second kappa shape index (κ2) is 8.79. The van der Waals surface area contributed by atoms with Gasteiger partial charge in [0, 0.05) is 16.1 Å². The van der Waals surface area contributed by atoms with Crippen molar-refractivity contribution in [3.8, 4) is 0 Å². The minimum Gasteiger partial charge on any atom is -0.406 e. The summed E-state index contributed by atoms with van der Waals surface area (Å²) in [6, 6.07) is 17.6. The van der Waals surface area contributed by atoms with E-state index in [1.54, 1.807) is 30.3 Å². The number of para-hydroxylation sites is 1. The standard InChI is InChI=1S/C20H17ClN2O3S/c1-27-18-10-3-2-9-17(18)22-19(24)16-8-5-11-23(20(16)25)26-13-14-6-4-7-15(21)12-14/h2-12H,13H2,1H3,(H,22,24). The molecule has 0 atom stereocenters. The molecular weight excluding hydrogens is 384 g/mol. The molecule has 0 spiro atoms. The molecule has 0 aliphatic carbocycles. The van der Waals surface area contributed by atoms with Crippen molar-refractivity contribution in [2.24, 2.45) is 0 Å². The van der Waals surface area contributed by atoms with Gasteiger partial charge in [-0.15, -0.1) is 11.8 Å². The molecule has 3 rings (SSSR count). The van der Waals surface area contributed by atoms with E-state index in [0.717, 1.165) is 15.2 Å². The first-order valence-electron chi connectivity index (χ1n) is 8.12. The summed E-state index contributed by atoms with van der Waals surface area (Å²) in [7, 11) is 0. The van der Waals surface area contributed by atoms with Crippen molar-refractivity contribution in [2.45, 2.75) is 11.5 Å². The molecule has 2 aromatic carbocycles. The number of nitrogens with one attached hydrogen (secondary N) is 1. The topological polar surface area (TPSA) is 60.3 Å². The minimum atomic E-state index is -0.529. The molecule has 0 unspecified atom stereocenters. The molecule has 27 heavy (non-hydrogen) atoms. The Morgan fingerprint density at radius 2 is 1.96 bits per heavy atom. The highest BCUT2D eigenvalue weighted by Crippen LogP contribution is 2.24. The van der Waals surface area contributed by atoms with Crippen LogP contribution in [0.5, 0.6) is 0 Å². The zero-order chi connectivity index (χ0) is 19.2. The molecule has 7 heteroatoms. The molecule has 5 nitrogen and oxygen atoms in total. The number of rotatable bonds is 6. The lowest BCUT2D eigenvalue weighted by Crippen LogP contribution is -2.32. The fourth-order valence-electron chi connectivity index (χ4n) is 2.46. The van der Waals surface area contributed by atoms with E-state index in [-0.39, 0.29) is 12.2 Å². The maximum absolute atomic E-state index is 12.6. The van der Waals surface area contributed by atoms with Crippen LogP contribution in [0.4, 0.5) is 5.69 Å². The first-order valence-corrected chi connectivity index (χ1v) is 9.72. The number of anilines is 1. The predicted molar refractivity (Wildman–Crippen MR) is 109 cm³/mol. The average molecular weight is 401 g/mol. The van der Waals surface area contributed by atoms with E-state index in [0.29, 0.717) is 10.7 Å². The van der Waals surface area contributed by atoms with Crippen LogP contribution < -0.4 is 15.7 Å². The molecule has 1 amide bonds. The van der Waals surface area contributed by atoms with Crippen LogP contribution >= 0.6 is 23.4 Å². The molecule has 1 N–H and O–H groups in total. The number of carbonyl (C=O) groups excluding carboxylic acids is 1. The van der Waals surface area contributed by atoms with Crippen LogP contribution in [0.25, 0.3) is 0 Å². The lowest BCUT2D eigenvalue weighted by molar-refractivity contribution is 0.0863. The molecule has 1 aromatic heterocycles. The second-order valence-electron chi connectivity index (χ2n) is 5.61. The Labute approximate surface area is 165 Å². The molecule has 0 aliphatic rings. The van der Waals surface area contributed by atoms with Gasteiger partial charge in [-0.2, -0.15) is 4.73 Å². The van der Waals surface area contributed by atoms with E-state index in [1.165, 1.54) is 24.0 Å². The van der Waals surface area contributed by atoms with Crippen molar-refractivity contribution in [2.75, 3.05) is 11.6 Å². The SMILES string of the molecule is CSc1ccccc1NC(=O)c1cccn(OCc2cccc(Cl)c2)c1=O. The van der Waals surface area contributed by atoms with Crippen molar-refractivity contribution in [1.82, 2.24) is 4.73 Å². The van der Waals surface area contributed by atoms with Crippen molar-refractivity contribution >= 4 is 35.0 Å². The molecular formula is C20H17ClN2O3S. The number of amides is 1. The van der Waals surface area contributed by atoms with Gasteiger partial charge in [0.15, 0.2) is 0 Å². The maximum atomic E-state index is 12.6. The molecule has 0 radical (unpaired) electrons. The third kappa shape index (κ3) is 4.72. The number of pyridine rings is 1. The van der Waals surface area contributed by atoms with Gasteiger partial charge in [0.05, 0.1) is 5.69 Å². The molecule has 3 aromatic rings. The van der Waals surface area contributed by atoms with Crippen molar-refractivity contribution in [3.63, 3.8) is 0 Å². The number of aromatic nitrogens is 1. The Kier molecular flexibility index (Phi) is 6.21. The maximum Gasteiger partial charge on any atom is 0.295 e. The summed E-state index contributed by atoms with van der Waals surface area (Å²) < 4.78 is 1.05. The van der Waals surface area contributed by atoms with Crippen LogP contribution in [-0.4, -0.2) is 16.9 Å². The van der Waals surface area contributed by atoms with Crippen LogP contribution in [0.2, 0.25) is 5.02 Å². The Hall–Kier alpha value is -2.70. The molecule has 1 heterocycles. The molecule has 0 fully saturated rings. The van der Waals surface area contributed by atoms with Crippen LogP contribution in [0.3, 0.4) is 0 Å². The number of carbonyl (C=O) groups is 1. The second-order valence-corrected chi connectivity index (χ2v) is 6.90. The quantitative estimate of drug-likeness (QED) is 0.633. The Morgan fingerprint density at radius 1 is 1.15 bits per heavy atom. The molecule has 0 saturated heterocycles. The average Bonchev–Trinajstić information content (AvgIpc) is 2.67. The monoisotopic (exact) mass is 400 g/mol. The van der Waals surface area contributed by atoms with Crippen LogP contribution in [0, 0.1) is 0 Å². The van der Waals surface area contributed by atoms with Crippen molar-refractivity contribution < 1.29 is 9.63 Å². The smallest absolute Gasteiger partial charge is 0.295 e. The Morgan fingerprint density at radius 3 is 2.74 bits per heavy atom. The van der Waals surface area contributed by atoms with E-state index in [4.69, 9.17) is 16.4 Å². The summed E-state index contributed by atoms with van der Waals surface area (Å²) in [5.74, 6) is -0.484. The van der Waals surface area contributed by atoms with Gasteiger partial charge in [0.1, 0.15) is 12.2 Å². The Balaban J connectivity index is 1.78. The van der Waals surface area contributed by atoms with Gasteiger partial charge >= 0.3 is 0 Å². The lowest BCUT2D eigenvalue weighted by atomic mass is 10.2. The highest BCUT2D eigenvalue weighted by molar-refractivity contribution is 7.98. The lowest BCUT2D eigenvalue weighted by Gasteiger charge is -2.11. The normalized spacial score (nSPS) is 10.4. The largest absolute Gasteiger partial charge is 0.406 e. The first-order chi connectivity index (χ1) is 13.1. The van der Waals surface area contributed by atoms with Crippen LogP contribution in [0.1, 0.15) is 15.9 Å². The summed E-state index contributed by atoms with van der Waals surface area (Å²) in [6.45, 7) is 0.154. The van der Waals surface area contributed by atoms with Gasteiger partial charge in [-0.05, 0) is 48.2 Å². The number of thioether (sulfide) groups is 1. The third-order valence-corrected chi connectivity index (χ3v) is 4.80. The summed E-state index contributed by atoms with van der Waals surface area (Å²) in [5, 5.41) is 3.37. The number of hydrogen-bond donors (Lipinski definition) is 1. The third-order valence-electron chi connectivity index (χ3n) is 3.77. The fraction of sp³-hybridized carbons (Fsp3) is 0.100. The number of nitrogens with zero attached hydrogens (tertiary/aromatic N) is 1. The van der Waals surface area contributed by atoms with E-state index < -0.39 is 11.5 Å². The van der Waals surface area contributed by atoms with Crippen LogP contribution in [0.15, 0.2) is 76.6 Å². The van der Waals surface area contributed by atoms with Crippen molar-refractivity contribution in [3.05, 3.63) is 93.4 Å². The van der Waals surface area contributed by atoms with Gasteiger partial charge in [-0.25, -0.2) is 0 Å². The number of halogens is 1. The molecule has 0 aliphatic heterocycles. The zero-order valence-corrected chi connectivity index (χ0v) is 16.1. The highest BCUT2D eigenvalue weighted by Gasteiger charge is 2.14. The van der Waals surface area contributed by atoms with Gasteiger partial charge in [-0.3, -0.25) is 9.59 Å². The van der Waals surface area contributed by atoms with Gasteiger partial charge < -0.3 is 10.2 Å². The Bertz CT molecular complexity index is 1020. The highest BCUT2D eigenvalue weighted by atomic mass is 35.5. The number of benzene rings is 2. The van der Waals surface area contributed by atoms with Gasteiger partial charge in [-0.1, -0.05) is 35.9 Å². The number of hydrogen-bond acceptors (Lipinski definition) is 4. The summed E-state index contributed by atoms with van der Waals surface area (Å²) in [6.07, 6.45) is 3.39. The van der Waals surface area contributed by atoms with Gasteiger partial charge in [0.2, 0.25) is 0 Å². The molecule has 0 bridgehead atoms. The zero-order valence-electron chi connectivity index (χ0n) is 14.5. The fourth-order valence-corrected chi connectivity index (χ4v) is 3.22. The minimum absolute atomic E-state index is 0.000463. The van der Waals surface area contributed by atoms with E-state index in [1.807, 2.05) is 30.5 Å². The summed E-state index contributed by atoms with van der Waals surface area (Å²) >= 11 is 7.46. The van der Waals surface area contributed by atoms with Gasteiger partial charge in [0.25, 0.3) is 11.5 Å². The van der Waals surface area contributed by atoms with Crippen molar-refractivity contribution in [1.29, 1.82) is 0 Å². The summed E-state index contributed by atoms with van der Waals surface area (Å²) in [5.41, 5.74) is 0.945. The summed E-state index contributed by atoms with van der Waals surface area (Å²) in [4.78, 5) is 31.6. The van der Waals surface area contributed by atoms with Crippen LogP contribution in [-0.2, 0) is 6.61 Å². The van der Waals surface area contributed by atoms with E-state index in [9.17, 15) is 9.59 Å². The molecule has 0 saturated carbocycles. The molecule has 138 valence electrons. The van der Waals surface area contributed by atoms with E-state index >= 15 is 0 Å². The van der Waals surface area contributed by atoms with E-state index in [2.05, 4.69) is 5.32 Å².